The zero-order valence-corrected chi connectivity index (χ0v) is 16.8. The molecule has 1 aromatic heterocycles. The number of imide groups is 1. The van der Waals surface area contributed by atoms with Gasteiger partial charge in [0.15, 0.2) is 0 Å². The van der Waals surface area contributed by atoms with Gasteiger partial charge in [0.25, 0.3) is 5.91 Å². The van der Waals surface area contributed by atoms with Gasteiger partial charge in [-0.2, -0.15) is 0 Å². The van der Waals surface area contributed by atoms with Crippen molar-refractivity contribution in [1.29, 1.82) is 0 Å². The van der Waals surface area contributed by atoms with Gasteiger partial charge in [-0.3, -0.25) is 14.5 Å². The first kappa shape index (κ1) is 20.9. The van der Waals surface area contributed by atoms with Crippen molar-refractivity contribution in [3.05, 3.63) is 36.0 Å². The van der Waals surface area contributed by atoms with E-state index in [0.29, 0.717) is 6.42 Å². The van der Waals surface area contributed by atoms with E-state index in [9.17, 15) is 19.5 Å². The molecule has 4 amide bonds. The van der Waals surface area contributed by atoms with E-state index >= 15 is 0 Å². The molecule has 1 aliphatic rings. The zero-order chi connectivity index (χ0) is 21.0. The van der Waals surface area contributed by atoms with E-state index in [-0.39, 0.29) is 37.4 Å². The number of fused-ring (bicyclic) bond motifs is 1. The number of hydrogen-bond acceptors (Lipinski definition) is 4. The molecule has 0 aliphatic carbocycles. The lowest BCUT2D eigenvalue weighted by Crippen LogP contribution is -2.45. The van der Waals surface area contributed by atoms with Crippen molar-refractivity contribution in [3.8, 4) is 0 Å². The van der Waals surface area contributed by atoms with Crippen LogP contribution >= 0.6 is 0 Å². The van der Waals surface area contributed by atoms with E-state index in [4.69, 9.17) is 0 Å². The summed E-state index contributed by atoms with van der Waals surface area (Å²) in [7, 11) is 0. The average Bonchev–Trinajstić information content (AvgIpc) is 3.24. The number of para-hydroxylation sites is 1. The Morgan fingerprint density at radius 1 is 1.31 bits per heavy atom. The Bertz CT molecular complexity index is 894. The van der Waals surface area contributed by atoms with Gasteiger partial charge in [0.05, 0.1) is 19.1 Å². The molecule has 0 unspecified atom stereocenters. The zero-order valence-electron chi connectivity index (χ0n) is 16.8. The largest absolute Gasteiger partial charge is 0.394 e. The second-order valence-electron chi connectivity index (χ2n) is 7.55. The van der Waals surface area contributed by atoms with Crippen LogP contribution in [0.4, 0.5) is 4.79 Å². The Morgan fingerprint density at radius 3 is 2.79 bits per heavy atom. The minimum absolute atomic E-state index is 0.116. The first-order valence-electron chi connectivity index (χ1n) is 10.0. The minimum Gasteiger partial charge on any atom is -0.394 e. The number of hydrogen-bond donors (Lipinski definition) is 4. The normalized spacial score (nSPS) is 18.7. The van der Waals surface area contributed by atoms with Crippen LogP contribution in [-0.2, 0) is 16.0 Å². The van der Waals surface area contributed by atoms with Crippen molar-refractivity contribution in [1.82, 2.24) is 20.5 Å². The maximum Gasteiger partial charge on any atom is 0.324 e. The van der Waals surface area contributed by atoms with Gasteiger partial charge in [0.2, 0.25) is 5.91 Å². The molecule has 2 heterocycles. The number of benzene rings is 1. The second-order valence-corrected chi connectivity index (χ2v) is 7.55. The van der Waals surface area contributed by atoms with Gasteiger partial charge < -0.3 is 20.7 Å². The highest BCUT2D eigenvalue weighted by Gasteiger charge is 2.39. The predicted octanol–water partition coefficient (Wildman–Crippen LogP) is 1.54. The maximum absolute atomic E-state index is 12.6. The summed E-state index contributed by atoms with van der Waals surface area (Å²) in [4.78, 5) is 41.5. The van der Waals surface area contributed by atoms with Crippen LogP contribution in [0.5, 0.6) is 0 Å². The molecule has 1 fully saturated rings. The quantitative estimate of drug-likeness (QED) is 0.478. The molecule has 8 nitrogen and oxygen atoms in total. The summed E-state index contributed by atoms with van der Waals surface area (Å²) in [6, 6.07) is 6.14. The monoisotopic (exact) mass is 400 g/mol. The highest BCUT2D eigenvalue weighted by molar-refractivity contribution is 6.05. The molecule has 0 spiro atoms. The lowest BCUT2D eigenvalue weighted by molar-refractivity contribution is -0.131. The van der Waals surface area contributed by atoms with Gasteiger partial charge in [-0.1, -0.05) is 38.5 Å². The van der Waals surface area contributed by atoms with Crippen LogP contribution in [-0.4, -0.2) is 58.1 Å². The summed E-state index contributed by atoms with van der Waals surface area (Å²) in [5.74, 6) is -0.638. The predicted molar refractivity (Wildman–Crippen MR) is 109 cm³/mol. The molecule has 0 saturated carbocycles. The molecular formula is C21H28N4O4. The number of carbonyl (C=O) groups excluding carboxylic acids is 3. The van der Waals surface area contributed by atoms with E-state index < -0.39 is 18.0 Å². The second kappa shape index (κ2) is 9.09. The third-order valence-corrected chi connectivity index (χ3v) is 5.65. The third kappa shape index (κ3) is 4.59. The van der Waals surface area contributed by atoms with Crippen LogP contribution in [0.3, 0.4) is 0 Å². The number of rotatable bonds is 9. The van der Waals surface area contributed by atoms with Gasteiger partial charge in [-0.15, -0.1) is 0 Å². The van der Waals surface area contributed by atoms with E-state index in [1.807, 2.05) is 44.3 Å². The number of aliphatic hydroxyl groups excluding tert-OH is 1. The fourth-order valence-corrected chi connectivity index (χ4v) is 3.60. The number of aromatic nitrogens is 1. The maximum atomic E-state index is 12.6. The number of H-pyrrole nitrogens is 1. The molecule has 1 aromatic carbocycles. The van der Waals surface area contributed by atoms with E-state index in [1.165, 1.54) is 0 Å². The SMILES string of the molecule is CC[C@@H](C)[C@@H](CO)NC(=O)C[C@@H]1NC(=O)N(CCc2c[nH]c3ccccc23)C1=O. The van der Waals surface area contributed by atoms with Crippen LogP contribution < -0.4 is 10.6 Å². The number of nitrogens with zero attached hydrogens (tertiary/aromatic N) is 1. The molecule has 0 radical (unpaired) electrons. The smallest absolute Gasteiger partial charge is 0.324 e. The summed E-state index contributed by atoms with van der Waals surface area (Å²) < 4.78 is 0. The average molecular weight is 400 g/mol. The summed E-state index contributed by atoms with van der Waals surface area (Å²) >= 11 is 0. The highest BCUT2D eigenvalue weighted by atomic mass is 16.3. The molecular weight excluding hydrogens is 372 g/mol. The van der Waals surface area contributed by atoms with Crippen molar-refractivity contribution in [2.45, 2.75) is 45.2 Å². The van der Waals surface area contributed by atoms with E-state index in [2.05, 4.69) is 15.6 Å². The molecule has 4 N–H and O–H groups in total. The van der Waals surface area contributed by atoms with Gasteiger partial charge in [0, 0.05) is 23.6 Å². The Hall–Kier alpha value is -2.87. The summed E-state index contributed by atoms with van der Waals surface area (Å²) in [5.41, 5.74) is 2.04. The molecule has 3 atom stereocenters. The fraction of sp³-hybridized carbons (Fsp3) is 0.476. The molecule has 2 aromatic rings. The first-order chi connectivity index (χ1) is 13.9. The van der Waals surface area contributed by atoms with Crippen molar-refractivity contribution in [3.63, 3.8) is 0 Å². The van der Waals surface area contributed by atoms with Gasteiger partial charge in [-0.05, 0) is 24.0 Å². The molecule has 0 bridgehead atoms. The number of nitrogens with one attached hydrogen (secondary N) is 3. The van der Waals surface area contributed by atoms with Gasteiger partial charge in [0.1, 0.15) is 6.04 Å². The summed E-state index contributed by atoms with van der Waals surface area (Å²) in [6.07, 6.45) is 3.09. The van der Waals surface area contributed by atoms with Crippen LogP contribution in [0.15, 0.2) is 30.5 Å². The number of aliphatic hydroxyl groups is 1. The number of aromatic amines is 1. The lowest BCUT2D eigenvalue weighted by atomic mass is 9.99. The topological polar surface area (TPSA) is 115 Å². The number of amides is 4. The Kier molecular flexibility index (Phi) is 6.53. The Balaban J connectivity index is 1.57. The molecule has 29 heavy (non-hydrogen) atoms. The molecule has 1 saturated heterocycles. The van der Waals surface area contributed by atoms with E-state index in [1.54, 1.807) is 0 Å². The van der Waals surface area contributed by atoms with Crippen molar-refractivity contribution < 1.29 is 19.5 Å². The van der Waals surface area contributed by atoms with Crippen molar-refractivity contribution in [2.24, 2.45) is 5.92 Å². The summed E-state index contributed by atoms with van der Waals surface area (Å²) in [5, 5.41) is 15.9. The third-order valence-electron chi connectivity index (χ3n) is 5.65. The summed E-state index contributed by atoms with van der Waals surface area (Å²) in [6.45, 7) is 4.00. The van der Waals surface area contributed by atoms with Crippen LogP contribution in [0.25, 0.3) is 10.9 Å². The number of urea groups is 1. The molecule has 156 valence electrons. The van der Waals surface area contributed by atoms with Crippen molar-refractivity contribution in [2.75, 3.05) is 13.2 Å². The number of carbonyl (C=O) groups is 3. The molecule has 3 rings (SSSR count). The lowest BCUT2D eigenvalue weighted by Gasteiger charge is -2.22. The van der Waals surface area contributed by atoms with Crippen LogP contribution in [0.2, 0.25) is 0 Å². The van der Waals surface area contributed by atoms with Crippen molar-refractivity contribution >= 4 is 28.7 Å². The Labute approximate surface area is 169 Å². The van der Waals surface area contributed by atoms with Crippen LogP contribution in [0, 0.1) is 5.92 Å². The van der Waals surface area contributed by atoms with Crippen LogP contribution in [0.1, 0.15) is 32.3 Å². The first-order valence-corrected chi connectivity index (χ1v) is 10.0. The molecule has 8 heteroatoms. The van der Waals surface area contributed by atoms with Gasteiger partial charge >= 0.3 is 6.03 Å². The highest BCUT2D eigenvalue weighted by Crippen LogP contribution is 2.19. The Morgan fingerprint density at radius 2 is 2.07 bits per heavy atom. The minimum atomic E-state index is -0.873. The van der Waals surface area contributed by atoms with E-state index in [0.717, 1.165) is 27.8 Å². The molecule has 1 aliphatic heterocycles. The standard InChI is InChI=1S/C21H28N4O4/c1-3-13(2)18(12-26)23-19(27)10-17-20(28)25(21(29)24-17)9-8-14-11-22-16-7-5-4-6-15(14)16/h4-7,11,13,17-18,22,26H,3,8-10,12H2,1-2H3,(H,23,27)(H,24,29)/t13-,17+,18-/m1/s1. The fourth-order valence-electron chi connectivity index (χ4n) is 3.60. The van der Waals surface area contributed by atoms with Gasteiger partial charge in [-0.25, -0.2) is 4.79 Å².